The molecule has 4 heteroatoms. The first-order valence-electron chi connectivity index (χ1n) is 4.42. The van der Waals surface area contributed by atoms with E-state index < -0.39 is 5.97 Å². The summed E-state index contributed by atoms with van der Waals surface area (Å²) >= 11 is 5.74. The average molecular weight is 222 g/mol. The zero-order chi connectivity index (χ0) is 10.8. The van der Waals surface area contributed by atoms with Gasteiger partial charge in [-0.15, -0.1) is 0 Å². The lowest BCUT2D eigenvalue weighted by molar-refractivity contribution is -0.136. The van der Waals surface area contributed by atoms with E-state index in [2.05, 4.69) is 4.98 Å². The van der Waals surface area contributed by atoms with Crippen molar-refractivity contribution in [2.24, 2.45) is 0 Å². The Kier molecular flexibility index (Phi) is 2.56. The van der Waals surface area contributed by atoms with Crippen LogP contribution in [0.5, 0.6) is 0 Å². The summed E-state index contributed by atoms with van der Waals surface area (Å²) in [5.74, 6) is -0.837. The first kappa shape index (κ1) is 9.93. The maximum absolute atomic E-state index is 10.5. The van der Waals surface area contributed by atoms with Crippen molar-refractivity contribution in [1.29, 1.82) is 0 Å². The highest BCUT2D eigenvalue weighted by atomic mass is 35.5. The van der Waals surface area contributed by atoms with Crippen LogP contribution in [0.25, 0.3) is 10.9 Å². The van der Waals surface area contributed by atoms with Crippen LogP contribution in [0.4, 0.5) is 0 Å². The molecule has 0 amide bonds. The summed E-state index contributed by atoms with van der Waals surface area (Å²) in [6.07, 6.45) is 0.0264. The number of halogens is 1. The predicted octanol–water partition coefficient (Wildman–Crippen LogP) is 2.52. The van der Waals surface area contributed by atoms with E-state index in [9.17, 15) is 4.79 Å². The second-order valence-electron chi connectivity index (χ2n) is 3.23. The minimum absolute atomic E-state index is 0.0264. The molecule has 0 unspecified atom stereocenters. The Balaban J connectivity index is 2.47. The molecule has 3 nitrogen and oxygen atoms in total. The number of hydrogen-bond acceptors (Lipinski definition) is 2. The average Bonchev–Trinajstić information content (AvgIpc) is 2.17. The lowest BCUT2D eigenvalue weighted by Gasteiger charge is -2.00. The SMILES string of the molecule is O=C(O)Cc1ccc2nc(Cl)ccc2c1. The van der Waals surface area contributed by atoms with E-state index in [-0.39, 0.29) is 6.42 Å². The molecule has 0 aliphatic carbocycles. The summed E-state index contributed by atoms with van der Waals surface area (Å²) in [6.45, 7) is 0. The monoisotopic (exact) mass is 221 g/mol. The second-order valence-corrected chi connectivity index (χ2v) is 3.62. The maximum atomic E-state index is 10.5. The summed E-state index contributed by atoms with van der Waals surface area (Å²) in [4.78, 5) is 14.6. The molecule has 0 saturated heterocycles. The third kappa shape index (κ3) is 2.25. The van der Waals surface area contributed by atoms with Gasteiger partial charge in [0.15, 0.2) is 0 Å². The van der Waals surface area contributed by atoms with E-state index in [0.717, 1.165) is 16.5 Å². The van der Waals surface area contributed by atoms with Crippen LogP contribution in [0, 0.1) is 0 Å². The van der Waals surface area contributed by atoms with Gasteiger partial charge in [-0.2, -0.15) is 0 Å². The molecular weight excluding hydrogens is 214 g/mol. The van der Waals surface area contributed by atoms with Crippen molar-refractivity contribution < 1.29 is 9.90 Å². The van der Waals surface area contributed by atoms with Gasteiger partial charge in [-0.05, 0) is 29.8 Å². The van der Waals surface area contributed by atoms with Crippen molar-refractivity contribution in [1.82, 2.24) is 4.98 Å². The summed E-state index contributed by atoms with van der Waals surface area (Å²) in [5, 5.41) is 9.99. The number of hydrogen-bond donors (Lipinski definition) is 1. The highest BCUT2D eigenvalue weighted by molar-refractivity contribution is 6.29. The van der Waals surface area contributed by atoms with Gasteiger partial charge in [0.05, 0.1) is 11.9 Å². The van der Waals surface area contributed by atoms with Gasteiger partial charge >= 0.3 is 5.97 Å². The molecule has 0 atom stereocenters. The fraction of sp³-hybridized carbons (Fsp3) is 0.0909. The quantitative estimate of drug-likeness (QED) is 0.793. The van der Waals surface area contributed by atoms with Crippen molar-refractivity contribution in [3.63, 3.8) is 0 Å². The Morgan fingerprint density at radius 3 is 2.87 bits per heavy atom. The molecular formula is C11H8ClNO2. The molecule has 0 saturated carbocycles. The van der Waals surface area contributed by atoms with Gasteiger partial charge in [-0.1, -0.05) is 17.7 Å². The van der Waals surface area contributed by atoms with Crippen LogP contribution < -0.4 is 0 Å². The number of nitrogens with zero attached hydrogens (tertiary/aromatic N) is 1. The number of carboxylic acid groups (broad SMARTS) is 1. The Hall–Kier alpha value is -1.61. The van der Waals surface area contributed by atoms with Crippen LogP contribution >= 0.6 is 11.6 Å². The zero-order valence-corrected chi connectivity index (χ0v) is 8.53. The van der Waals surface area contributed by atoms with E-state index >= 15 is 0 Å². The molecule has 0 fully saturated rings. The molecule has 0 aliphatic rings. The summed E-state index contributed by atoms with van der Waals surface area (Å²) < 4.78 is 0. The Labute approximate surface area is 91.3 Å². The molecule has 1 aromatic carbocycles. The first-order chi connectivity index (χ1) is 7.15. The Morgan fingerprint density at radius 1 is 1.33 bits per heavy atom. The van der Waals surface area contributed by atoms with E-state index in [1.807, 2.05) is 12.1 Å². The number of aromatic nitrogens is 1. The summed E-state index contributed by atoms with van der Waals surface area (Å²) in [5.41, 5.74) is 1.54. The maximum Gasteiger partial charge on any atom is 0.307 e. The van der Waals surface area contributed by atoms with Crippen LogP contribution in [0.1, 0.15) is 5.56 Å². The zero-order valence-electron chi connectivity index (χ0n) is 7.77. The predicted molar refractivity (Wildman–Crippen MR) is 58.1 cm³/mol. The van der Waals surface area contributed by atoms with Gasteiger partial charge in [0.1, 0.15) is 5.15 Å². The van der Waals surface area contributed by atoms with E-state index in [0.29, 0.717) is 5.15 Å². The molecule has 76 valence electrons. The third-order valence-electron chi connectivity index (χ3n) is 2.07. The smallest absolute Gasteiger partial charge is 0.307 e. The first-order valence-corrected chi connectivity index (χ1v) is 4.80. The molecule has 0 spiro atoms. The van der Waals surface area contributed by atoms with Gasteiger partial charge < -0.3 is 5.11 Å². The fourth-order valence-electron chi connectivity index (χ4n) is 1.43. The largest absolute Gasteiger partial charge is 0.481 e. The minimum atomic E-state index is -0.837. The van der Waals surface area contributed by atoms with Crippen LogP contribution in [0.2, 0.25) is 5.15 Å². The molecule has 0 radical (unpaired) electrons. The molecule has 0 aliphatic heterocycles. The number of carboxylic acids is 1. The van der Waals surface area contributed by atoms with Gasteiger partial charge in [-0.3, -0.25) is 4.79 Å². The molecule has 1 aromatic heterocycles. The minimum Gasteiger partial charge on any atom is -0.481 e. The normalized spacial score (nSPS) is 10.5. The van der Waals surface area contributed by atoms with Crippen LogP contribution in [-0.4, -0.2) is 16.1 Å². The van der Waals surface area contributed by atoms with E-state index in [4.69, 9.17) is 16.7 Å². The molecule has 2 rings (SSSR count). The van der Waals surface area contributed by atoms with Gasteiger partial charge in [-0.25, -0.2) is 4.98 Å². The van der Waals surface area contributed by atoms with Crippen LogP contribution in [0.3, 0.4) is 0 Å². The molecule has 15 heavy (non-hydrogen) atoms. The van der Waals surface area contributed by atoms with E-state index in [1.165, 1.54) is 0 Å². The number of aliphatic carboxylic acids is 1. The van der Waals surface area contributed by atoms with Crippen molar-refractivity contribution in [2.45, 2.75) is 6.42 Å². The highest BCUT2D eigenvalue weighted by Gasteiger charge is 2.02. The van der Waals surface area contributed by atoms with Gasteiger partial charge in [0.25, 0.3) is 0 Å². The second kappa shape index (κ2) is 3.87. The Bertz CT molecular complexity index is 525. The van der Waals surface area contributed by atoms with Crippen molar-refractivity contribution in [2.75, 3.05) is 0 Å². The standard InChI is InChI=1S/C11H8ClNO2/c12-10-4-2-8-5-7(6-11(14)15)1-3-9(8)13-10/h1-5H,6H2,(H,14,15). The Morgan fingerprint density at radius 2 is 2.13 bits per heavy atom. The van der Waals surface area contributed by atoms with Crippen LogP contribution in [0.15, 0.2) is 30.3 Å². The lowest BCUT2D eigenvalue weighted by atomic mass is 10.1. The number of pyridine rings is 1. The summed E-state index contributed by atoms with van der Waals surface area (Å²) in [7, 11) is 0. The summed E-state index contributed by atoms with van der Waals surface area (Å²) in [6, 6.07) is 8.86. The number of carbonyl (C=O) groups is 1. The number of rotatable bonds is 2. The third-order valence-corrected chi connectivity index (χ3v) is 2.29. The van der Waals surface area contributed by atoms with Gasteiger partial charge in [0, 0.05) is 5.39 Å². The highest BCUT2D eigenvalue weighted by Crippen LogP contribution is 2.17. The molecule has 2 aromatic rings. The van der Waals surface area contributed by atoms with Crippen LogP contribution in [-0.2, 0) is 11.2 Å². The fourth-order valence-corrected chi connectivity index (χ4v) is 1.59. The van der Waals surface area contributed by atoms with Crippen molar-refractivity contribution in [3.05, 3.63) is 41.0 Å². The van der Waals surface area contributed by atoms with Crippen molar-refractivity contribution in [3.8, 4) is 0 Å². The van der Waals surface area contributed by atoms with E-state index in [1.54, 1.807) is 18.2 Å². The molecule has 1 N–H and O–H groups in total. The lowest BCUT2D eigenvalue weighted by Crippen LogP contribution is -1.99. The number of fused-ring (bicyclic) bond motifs is 1. The molecule has 0 bridgehead atoms. The molecule has 1 heterocycles. The number of benzene rings is 1. The van der Waals surface area contributed by atoms with Crippen molar-refractivity contribution >= 4 is 28.5 Å². The van der Waals surface area contributed by atoms with Gasteiger partial charge in [0.2, 0.25) is 0 Å². The topological polar surface area (TPSA) is 50.2 Å².